The fourth-order valence-electron chi connectivity index (χ4n) is 1.63. The van der Waals surface area contributed by atoms with Crippen molar-refractivity contribution in [1.29, 1.82) is 0 Å². The molecule has 0 aliphatic rings. The van der Waals surface area contributed by atoms with Crippen LogP contribution in [0.5, 0.6) is 0 Å². The van der Waals surface area contributed by atoms with Crippen LogP contribution in [-0.2, 0) is 11.8 Å². The number of rotatable bonds is 2. The maximum Gasteiger partial charge on any atom is -0.00640 e. The predicted molar refractivity (Wildman–Crippen MR) is 67.1 cm³/mol. The van der Waals surface area contributed by atoms with Gasteiger partial charge < -0.3 is 0 Å². The second kappa shape index (κ2) is 4.22. The van der Waals surface area contributed by atoms with E-state index in [9.17, 15) is 0 Å². The second-order valence-electron chi connectivity index (χ2n) is 5.41. The molecule has 0 N–H and O–H groups in total. The van der Waals surface area contributed by atoms with Crippen LogP contribution >= 0.6 is 0 Å². The first kappa shape index (κ1) is 12.0. The summed E-state index contributed by atoms with van der Waals surface area (Å²) in [6.45, 7) is 16.6. The lowest BCUT2D eigenvalue weighted by molar-refractivity contribution is 0.589. The summed E-state index contributed by atoms with van der Waals surface area (Å²) in [5.41, 5.74) is 5.24. The highest BCUT2D eigenvalue weighted by atomic mass is 14.2. The van der Waals surface area contributed by atoms with E-state index in [1.165, 1.54) is 16.7 Å². The van der Waals surface area contributed by atoms with Crippen molar-refractivity contribution in [2.75, 3.05) is 0 Å². The van der Waals surface area contributed by atoms with Crippen molar-refractivity contribution < 1.29 is 0 Å². The zero-order valence-electron chi connectivity index (χ0n) is 10.5. The van der Waals surface area contributed by atoms with Gasteiger partial charge in [0.15, 0.2) is 0 Å². The van der Waals surface area contributed by atoms with Gasteiger partial charge in [-0.2, -0.15) is 0 Å². The Morgan fingerprint density at radius 2 is 1.87 bits per heavy atom. The third-order valence-electron chi connectivity index (χ3n) is 2.68. The molecule has 1 radical (unpaired) electrons. The van der Waals surface area contributed by atoms with Gasteiger partial charge in [0.1, 0.15) is 0 Å². The first-order chi connectivity index (χ1) is 6.80. The molecule has 0 bridgehead atoms. The highest BCUT2D eigenvalue weighted by Crippen LogP contribution is 2.25. The lowest BCUT2D eigenvalue weighted by Gasteiger charge is -2.21. The average molecular weight is 201 g/mol. The van der Waals surface area contributed by atoms with Crippen molar-refractivity contribution in [3.8, 4) is 0 Å². The molecule has 0 nitrogen and oxygen atoms in total. The van der Waals surface area contributed by atoms with E-state index in [-0.39, 0.29) is 5.41 Å². The summed E-state index contributed by atoms with van der Waals surface area (Å²) in [7, 11) is 0. The van der Waals surface area contributed by atoms with Gasteiger partial charge in [-0.05, 0) is 42.4 Å². The van der Waals surface area contributed by atoms with Gasteiger partial charge in [0, 0.05) is 0 Å². The number of hydrogen-bond acceptors (Lipinski definition) is 0. The summed E-state index contributed by atoms with van der Waals surface area (Å²) in [6.07, 6.45) is 0.885. The van der Waals surface area contributed by atoms with E-state index in [4.69, 9.17) is 6.58 Å². The SMILES string of the molecule is [CH]=C(C)Cc1cc(C(C)(C)C)ccc1C. The first-order valence-corrected chi connectivity index (χ1v) is 5.48. The summed E-state index contributed by atoms with van der Waals surface area (Å²) >= 11 is 0. The number of benzene rings is 1. The van der Waals surface area contributed by atoms with Crippen LogP contribution in [0.4, 0.5) is 0 Å². The molecule has 1 aromatic rings. The Hall–Kier alpha value is -1.04. The van der Waals surface area contributed by atoms with E-state index < -0.39 is 0 Å². The van der Waals surface area contributed by atoms with Crippen molar-refractivity contribution >= 4 is 0 Å². The summed E-state index contributed by atoms with van der Waals surface area (Å²) in [6, 6.07) is 6.69. The minimum atomic E-state index is 0.213. The molecule has 15 heavy (non-hydrogen) atoms. The molecule has 0 aromatic heterocycles. The number of hydrogen-bond donors (Lipinski definition) is 0. The van der Waals surface area contributed by atoms with E-state index in [1.807, 2.05) is 6.92 Å². The molecular weight excluding hydrogens is 180 g/mol. The standard InChI is InChI=1S/C15H21/c1-11(2)9-13-10-14(15(4,5)6)8-7-12(13)3/h1,7-8,10H,9H2,2-6H3. The van der Waals surface area contributed by atoms with E-state index >= 15 is 0 Å². The fourth-order valence-corrected chi connectivity index (χ4v) is 1.63. The van der Waals surface area contributed by atoms with Gasteiger partial charge in [0.25, 0.3) is 0 Å². The molecule has 0 heteroatoms. The summed E-state index contributed by atoms with van der Waals surface area (Å²) in [5, 5.41) is 0. The van der Waals surface area contributed by atoms with Gasteiger partial charge in [0.05, 0.1) is 0 Å². The summed E-state index contributed by atoms with van der Waals surface area (Å²) < 4.78 is 0. The molecule has 0 saturated carbocycles. The minimum absolute atomic E-state index is 0.213. The Bertz CT molecular complexity index is 364. The average Bonchev–Trinajstić information content (AvgIpc) is 2.06. The van der Waals surface area contributed by atoms with E-state index in [1.54, 1.807) is 0 Å². The molecule has 0 amide bonds. The highest BCUT2D eigenvalue weighted by molar-refractivity contribution is 5.36. The molecule has 0 aliphatic carbocycles. The van der Waals surface area contributed by atoms with Gasteiger partial charge in [0.2, 0.25) is 0 Å². The Morgan fingerprint density at radius 1 is 1.27 bits per heavy atom. The zero-order chi connectivity index (χ0) is 11.6. The Labute approximate surface area is 94.0 Å². The normalized spacial score (nSPS) is 11.5. The quantitative estimate of drug-likeness (QED) is 0.672. The zero-order valence-corrected chi connectivity index (χ0v) is 10.5. The van der Waals surface area contributed by atoms with Crippen LogP contribution in [0.15, 0.2) is 23.8 Å². The lowest BCUT2D eigenvalue weighted by Crippen LogP contribution is -2.11. The molecular formula is C15H21. The van der Waals surface area contributed by atoms with Gasteiger partial charge in [-0.1, -0.05) is 51.1 Å². The number of allylic oxidation sites excluding steroid dienone is 1. The third-order valence-corrected chi connectivity index (χ3v) is 2.68. The fraction of sp³-hybridized carbons (Fsp3) is 0.467. The van der Waals surface area contributed by atoms with Crippen LogP contribution in [0, 0.1) is 13.5 Å². The third kappa shape index (κ3) is 3.23. The van der Waals surface area contributed by atoms with Gasteiger partial charge in [-0.25, -0.2) is 0 Å². The van der Waals surface area contributed by atoms with Crippen molar-refractivity contribution in [3.05, 3.63) is 47.0 Å². The molecule has 0 spiro atoms. The minimum Gasteiger partial charge on any atom is -0.0689 e. The van der Waals surface area contributed by atoms with Crippen LogP contribution < -0.4 is 0 Å². The molecule has 0 fully saturated rings. The Balaban J connectivity index is 3.11. The van der Waals surface area contributed by atoms with Crippen LogP contribution in [0.25, 0.3) is 0 Å². The van der Waals surface area contributed by atoms with Crippen molar-refractivity contribution in [2.45, 2.75) is 46.5 Å². The predicted octanol–water partition coefficient (Wildman–Crippen LogP) is 4.21. The highest BCUT2D eigenvalue weighted by Gasteiger charge is 2.14. The smallest absolute Gasteiger partial charge is 0.00640 e. The number of aryl methyl sites for hydroxylation is 1. The molecule has 0 atom stereocenters. The molecule has 0 saturated heterocycles. The van der Waals surface area contributed by atoms with Crippen LogP contribution in [0.3, 0.4) is 0 Å². The maximum atomic E-state index is 5.77. The molecule has 0 aliphatic heterocycles. The van der Waals surface area contributed by atoms with Gasteiger partial charge in [-0.15, -0.1) is 0 Å². The Morgan fingerprint density at radius 3 is 2.33 bits per heavy atom. The van der Waals surface area contributed by atoms with E-state index in [2.05, 4.69) is 45.9 Å². The van der Waals surface area contributed by atoms with Crippen LogP contribution in [0.1, 0.15) is 44.4 Å². The van der Waals surface area contributed by atoms with E-state index in [0.717, 1.165) is 12.0 Å². The largest absolute Gasteiger partial charge is 0.0689 e. The molecule has 81 valence electrons. The van der Waals surface area contributed by atoms with Gasteiger partial charge in [-0.3, -0.25) is 0 Å². The topological polar surface area (TPSA) is 0 Å². The summed E-state index contributed by atoms with van der Waals surface area (Å²) in [5.74, 6) is 0. The van der Waals surface area contributed by atoms with Crippen LogP contribution in [0.2, 0.25) is 0 Å². The molecule has 0 heterocycles. The lowest BCUT2D eigenvalue weighted by atomic mass is 9.84. The molecule has 1 aromatic carbocycles. The van der Waals surface area contributed by atoms with Crippen molar-refractivity contribution in [3.63, 3.8) is 0 Å². The van der Waals surface area contributed by atoms with Crippen molar-refractivity contribution in [1.82, 2.24) is 0 Å². The summed E-state index contributed by atoms with van der Waals surface area (Å²) in [4.78, 5) is 0. The van der Waals surface area contributed by atoms with Crippen LogP contribution in [-0.4, -0.2) is 0 Å². The van der Waals surface area contributed by atoms with E-state index in [0.29, 0.717) is 0 Å². The first-order valence-electron chi connectivity index (χ1n) is 5.48. The molecule has 0 unspecified atom stereocenters. The maximum absolute atomic E-state index is 5.77. The second-order valence-corrected chi connectivity index (χ2v) is 5.41. The van der Waals surface area contributed by atoms with Crippen molar-refractivity contribution in [2.24, 2.45) is 0 Å². The monoisotopic (exact) mass is 201 g/mol. The molecule has 1 rings (SSSR count). The van der Waals surface area contributed by atoms with Gasteiger partial charge >= 0.3 is 0 Å². The Kier molecular flexibility index (Phi) is 3.38.